The molecular weight excluding hydrogens is 269 g/mol. The molecule has 0 radical (unpaired) electrons. The molecule has 0 spiro atoms. The van der Waals surface area contributed by atoms with E-state index in [1.165, 1.54) is 13.2 Å². The quantitative estimate of drug-likeness (QED) is 0.788. The van der Waals surface area contributed by atoms with Gasteiger partial charge in [0.05, 0.1) is 12.7 Å². The topological polar surface area (TPSA) is 26.3 Å². The Labute approximate surface area is 113 Å². The van der Waals surface area contributed by atoms with Gasteiger partial charge in [0.1, 0.15) is 5.75 Å². The van der Waals surface area contributed by atoms with Crippen LogP contribution in [0, 0.1) is 0 Å². The number of methoxy groups -OCH3 is 1. The Morgan fingerprint density at radius 3 is 2.45 bits per heavy atom. The van der Waals surface area contributed by atoms with Crippen LogP contribution in [0.5, 0.6) is 5.75 Å². The van der Waals surface area contributed by atoms with E-state index < -0.39 is 11.7 Å². The van der Waals surface area contributed by atoms with Gasteiger partial charge >= 0.3 is 6.18 Å². The molecule has 0 fully saturated rings. The van der Waals surface area contributed by atoms with Crippen molar-refractivity contribution in [2.24, 2.45) is 0 Å². The number of carbonyl (C=O) groups excluding carboxylic acids is 1. The maximum Gasteiger partial charge on any atom is 0.416 e. The summed E-state index contributed by atoms with van der Waals surface area (Å²) in [5.41, 5.74) is 0.214. The molecule has 2 aromatic carbocycles. The summed E-state index contributed by atoms with van der Waals surface area (Å²) < 4.78 is 42.9. The van der Waals surface area contributed by atoms with Gasteiger partial charge in [0.25, 0.3) is 0 Å². The number of aldehydes is 1. The molecule has 0 saturated carbocycles. The number of alkyl halides is 3. The molecule has 2 nitrogen and oxygen atoms in total. The van der Waals surface area contributed by atoms with E-state index in [9.17, 15) is 18.0 Å². The predicted molar refractivity (Wildman–Crippen MR) is 68.8 cm³/mol. The minimum Gasteiger partial charge on any atom is -0.497 e. The molecule has 0 saturated heterocycles. The Morgan fingerprint density at radius 1 is 1.10 bits per heavy atom. The summed E-state index contributed by atoms with van der Waals surface area (Å²) >= 11 is 0. The molecule has 0 N–H and O–H groups in total. The van der Waals surface area contributed by atoms with Crippen molar-refractivity contribution in [1.82, 2.24) is 0 Å². The summed E-state index contributed by atoms with van der Waals surface area (Å²) in [6, 6.07) is 9.90. The van der Waals surface area contributed by atoms with E-state index in [1.54, 1.807) is 24.3 Å². The van der Waals surface area contributed by atoms with Gasteiger partial charge in [0, 0.05) is 5.56 Å². The van der Waals surface area contributed by atoms with Crippen molar-refractivity contribution in [2.75, 3.05) is 7.11 Å². The second kappa shape index (κ2) is 5.36. The fraction of sp³-hybridized carbons (Fsp3) is 0.133. The lowest BCUT2D eigenvalue weighted by atomic mass is 9.98. The van der Waals surface area contributed by atoms with Crippen LogP contribution in [0.15, 0.2) is 42.5 Å². The molecule has 0 atom stereocenters. The molecule has 0 heterocycles. The van der Waals surface area contributed by atoms with E-state index >= 15 is 0 Å². The number of hydrogen-bond acceptors (Lipinski definition) is 2. The number of halogens is 3. The van der Waals surface area contributed by atoms with Crippen LogP contribution in [0.1, 0.15) is 15.9 Å². The second-order valence-electron chi connectivity index (χ2n) is 4.15. The summed E-state index contributed by atoms with van der Waals surface area (Å²) in [5.74, 6) is 0.569. The standard InChI is InChI=1S/C15H11F3O2/c1-20-13-4-2-3-10(8-13)14-6-5-12(15(16,17)18)7-11(14)9-19/h2-9H,1H3. The molecule has 0 amide bonds. The Hall–Kier alpha value is -2.30. The van der Waals surface area contributed by atoms with Crippen molar-refractivity contribution in [2.45, 2.75) is 6.18 Å². The van der Waals surface area contributed by atoms with Crippen LogP contribution in [-0.2, 0) is 6.18 Å². The molecule has 0 aliphatic rings. The Bertz CT molecular complexity index is 633. The Morgan fingerprint density at radius 2 is 1.85 bits per heavy atom. The fourth-order valence-corrected chi connectivity index (χ4v) is 1.89. The zero-order chi connectivity index (χ0) is 14.8. The maximum absolute atomic E-state index is 12.6. The lowest BCUT2D eigenvalue weighted by Crippen LogP contribution is -2.05. The van der Waals surface area contributed by atoms with Crippen LogP contribution in [0.4, 0.5) is 13.2 Å². The highest BCUT2D eigenvalue weighted by atomic mass is 19.4. The molecule has 2 aromatic rings. The summed E-state index contributed by atoms with van der Waals surface area (Å²) in [5, 5.41) is 0. The minimum absolute atomic E-state index is 0.00641. The van der Waals surface area contributed by atoms with Crippen molar-refractivity contribution in [1.29, 1.82) is 0 Å². The predicted octanol–water partition coefficient (Wildman–Crippen LogP) is 4.19. The number of rotatable bonds is 3. The minimum atomic E-state index is -4.47. The molecule has 2 rings (SSSR count). The molecular formula is C15H11F3O2. The van der Waals surface area contributed by atoms with Gasteiger partial charge in [-0.2, -0.15) is 13.2 Å². The Balaban J connectivity index is 2.54. The number of ether oxygens (including phenoxy) is 1. The van der Waals surface area contributed by atoms with E-state index in [-0.39, 0.29) is 5.56 Å². The fourth-order valence-electron chi connectivity index (χ4n) is 1.89. The largest absolute Gasteiger partial charge is 0.497 e. The first-order chi connectivity index (χ1) is 9.45. The first-order valence-corrected chi connectivity index (χ1v) is 5.76. The zero-order valence-corrected chi connectivity index (χ0v) is 10.6. The normalized spacial score (nSPS) is 11.2. The van der Waals surface area contributed by atoms with E-state index in [0.29, 0.717) is 23.2 Å². The van der Waals surface area contributed by atoms with Crippen molar-refractivity contribution in [3.8, 4) is 16.9 Å². The lowest BCUT2D eigenvalue weighted by Gasteiger charge is -2.11. The van der Waals surface area contributed by atoms with Crippen LogP contribution in [0.25, 0.3) is 11.1 Å². The number of hydrogen-bond donors (Lipinski definition) is 0. The van der Waals surface area contributed by atoms with Gasteiger partial charge in [-0.1, -0.05) is 18.2 Å². The SMILES string of the molecule is COc1cccc(-c2ccc(C(F)(F)F)cc2C=O)c1. The van der Waals surface area contributed by atoms with Crippen molar-refractivity contribution in [3.63, 3.8) is 0 Å². The van der Waals surface area contributed by atoms with Crippen LogP contribution in [0.3, 0.4) is 0 Å². The third-order valence-electron chi connectivity index (χ3n) is 2.89. The summed E-state index contributed by atoms with van der Waals surface area (Å²) in [6.45, 7) is 0. The molecule has 20 heavy (non-hydrogen) atoms. The smallest absolute Gasteiger partial charge is 0.416 e. The molecule has 0 unspecified atom stereocenters. The van der Waals surface area contributed by atoms with Crippen molar-refractivity contribution in [3.05, 3.63) is 53.6 Å². The monoisotopic (exact) mass is 280 g/mol. The van der Waals surface area contributed by atoms with Gasteiger partial charge < -0.3 is 4.74 Å². The molecule has 0 aliphatic carbocycles. The first-order valence-electron chi connectivity index (χ1n) is 5.76. The molecule has 0 aliphatic heterocycles. The van der Waals surface area contributed by atoms with Gasteiger partial charge in [-0.05, 0) is 35.4 Å². The van der Waals surface area contributed by atoms with Crippen LogP contribution >= 0.6 is 0 Å². The summed E-state index contributed by atoms with van der Waals surface area (Å²) in [4.78, 5) is 11.0. The first kappa shape index (κ1) is 14.1. The zero-order valence-electron chi connectivity index (χ0n) is 10.6. The van der Waals surface area contributed by atoms with Gasteiger partial charge in [-0.15, -0.1) is 0 Å². The number of carbonyl (C=O) groups is 1. The summed E-state index contributed by atoms with van der Waals surface area (Å²) in [7, 11) is 1.49. The van der Waals surface area contributed by atoms with E-state index in [4.69, 9.17) is 4.74 Å². The van der Waals surface area contributed by atoms with Crippen LogP contribution < -0.4 is 4.74 Å². The van der Waals surface area contributed by atoms with E-state index in [1.807, 2.05) is 0 Å². The average Bonchev–Trinajstić information content (AvgIpc) is 2.45. The van der Waals surface area contributed by atoms with Crippen molar-refractivity contribution >= 4 is 6.29 Å². The van der Waals surface area contributed by atoms with Gasteiger partial charge in [0.15, 0.2) is 6.29 Å². The summed E-state index contributed by atoms with van der Waals surface area (Å²) in [6.07, 6.45) is -4.05. The highest BCUT2D eigenvalue weighted by Gasteiger charge is 2.31. The van der Waals surface area contributed by atoms with Crippen LogP contribution in [-0.4, -0.2) is 13.4 Å². The van der Waals surface area contributed by atoms with Gasteiger partial charge in [0.2, 0.25) is 0 Å². The van der Waals surface area contributed by atoms with Gasteiger partial charge in [-0.25, -0.2) is 0 Å². The Kier molecular flexibility index (Phi) is 3.79. The molecule has 0 aromatic heterocycles. The van der Waals surface area contributed by atoms with Crippen molar-refractivity contribution < 1.29 is 22.7 Å². The highest BCUT2D eigenvalue weighted by molar-refractivity contribution is 5.88. The lowest BCUT2D eigenvalue weighted by molar-refractivity contribution is -0.137. The second-order valence-corrected chi connectivity index (χ2v) is 4.15. The molecule has 5 heteroatoms. The number of benzene rings is 2. The highest BCUT2D eigenvalue weighted by Crippen LogP contribution is 2.33. The molecule has 104 valence electrons. The average molecular weight is 280 g/mol. The van der Waals surface area contributed by atoms with E-state index in [0.717, 1.165) is 12.1 Å². The van der Waals surface area contributed by atoms with Gasteiger partial charge in [-0.3, -0.25) is 4.79 Å². The maximum atomic E-state index is 12.6. The third-order valence-corrected chi connectivity index (χ3v) is 2.89. The third kappa shape index (κ3) is 2.82. The molecule has 0 bridgehead atoms. The van der Waals surface area contributed by atoms with Crippen LogP contribution in [0.2, 0.25) is 0 Å². The van der Waals surface area contributed by atoms with E-state index in [2.05, 4.69) is 0 Å².